The maximum atomic E-state index is 11.7. The lowest BCUT2D eigenvalue weighted by atomic mass is 10.3. The van der Waals surface area contributed by atoms with Crippen LogP contribution in [0.3, 0.4) is 0 Å². The van der Waals surface area contributed by atoms with Gasteiger partial charge in [0.2, 0.25) is 0 Å². The molecule has 0 aromatic carbocycles. The number of carbonyl (C=O) groups excluding carboxylic acids is 2. The topological polar surface area (TPSA) is 95.3 Å². The third-order valence-corrected chi connectivity index (χ3v) is 2.28. The summed E-state index contributed by atoms with van der Waals surface area (Å²) in [6.07, 6.45) is 2.10. The molecule has 0 atom stereocenters. The van der Waals surface area contributed by atoms with Gasteiger partial charge in [0.15, 0.2) is 0 Å². The molecule has 0 aliphatic carbocycles. The van der Waals surface area contributed by atoms with Gasteiger partial charge in [0.25, 0.3) is 5.91 Å². The van der Waals surface area contributed by atoms with Crippen molar-refractivity contribution >= 4 is 11.9 Å². The number of rotatable bonds is 5. The first-order valence-corrected chi connectivity index (χ1v) is 5.14. The number of nitrogens with zero attached hydrogens (tertiary/aromatic N) is 1. The number of aromatic nitrogens is 2. The van der Waals surface area contributed by atoms with Crippen molar-refractivity contribution in [2.45, 2.75) is 12.8 Å². The molecule has 1 amide bonds. The molecule has 0 aliphatic heterocycles. The number of hydrogen-bond donors (Lipinski definition) is 2. The Morgan fingerprint density at radius 3 is 2.71 bits per heavy atom. The lowest BCUT2D eigenvalue weighted by Crippen LogP contribution is -2.28. The summed E-state index contributed by atoms with van der Waals surface area (Å²) < 4.78 is 4.49. The Labute approximate surface area is 97.8 Å². The minimum Gasteiger partial charge on any atom is -0.469 e. The molecule has 0 spiro atoms. The van der Waals surface area contributed by atoms with Crippen LogP contribution in [0.4, 0.5) is 0 Å². The van der Waals surface area contributed by atoms with E-state index in [1.54, 1.807) is 7.05 Å². The molecule has 0 fully saturated rings. The van der Waals surface area contributed by atoms with E-state index < -0.39 is 5.69 Å². The van der Waals surface area contributed by atoms with E-state index in [0.29, 0.717) is 13.0 Å². The van der Waals surface area contributed by atoms with Crippen LogP contribution in [0.1, 0.15) is 23.3 Å². The molecule has 0 unspecified atom stereocenters. The summed E-state index contributed by atoms with van der Waals surface area (Å²) >= 11 is 0. The van der Waals surface area contributed by atoms with Crippen molar-refractivity contribution in [3.63, 3.8) is 0 Å². The molecule has 7 nitrogen and oxygen atoms in total. The fourth-order valence-electron chi connectivity index (χ4n) is 1.32. The summed E-state index contributed by atoms with van der Waals surface area (Å²) in [6, 6.07) is 0. The molecule has 0 bridgehead atoms. The van der Waals surface area contributed by atoms with E-state index in [0.717, 1.165) is 0 Å². The summed E-state index contributed by atoms with van der Waals surface area (Å²) in [7, 11) is 2.92. The number of methoxy groups -OCH3 is 1. The molecule has 94 valence electrons. The lowest BCUT2D eigenvalue weighted by molar-refractivity contribution is -0.140. The maximum Gasteiger partial charge on any atom is 0.323 e. The second kappa shape index (κ2) is 5.88. The van der Waals surface area contributed by atoms with E-state index in [4.69, 9.17) is 0 Å². The summed E-state index contributed by atoms with van der Waals surface area (Å²) in [5.41, 5.74) is -0.216. The number of carbonyl (C=O) groups is 2. The van der Waals surface area contributed by atoms with Crippen LogP contribution >= 0.6 is 0 Å². The number of H-pyrrole nitrogens is 2. The molecule has 1 rings (SSSR count). The number of ether oxygens (including phenoxy) is 1. The average Bonchev–Trinajstić information content (AvgIpc) is 2.74. The summed E-state index contributed by atoms with van der Waals surface area (Å²) in [5.74, 6) is -0.603. The predicted octanol–water partition coefficient (Wildman–Crippen LogP) is -0.272. The van der Waals surface area contributed by atoms with E-state index in [1.807, 2.05) is 0 Å². The second-order valence-corrected chi connectivity index (χ2v) is 3.56. The van der Waals surface area contributed by atoms with Crippen LogP contribution in [0.25, 0.3) is 0 Å². The molecule has 2 N–H and O–H groups in total. The summed E-state index contributed by atoms with van der Waals surface area (Å²) in [6.45, 7) is 0.418. The third-order valence-electron chi connectivity index (χ3n) is 2.28. The SMILES string of the molecule is COC(=O)CCCN(C)C(=O)c1c[nH]c(=O)[nH]1. The maximum absolute atomic E-state index is 11.7. The fourth-order valence-corrected chi connectivity index (χ4v) is 1.32. The molecule has 1 heterocycles. The van der Waals surface area contributed by atoms with E-state index in [2.05, 4.69) is 14.7 Å². The van der Waals surface area contributed by atoms with Crippen molar-refractivity contribution in [1.29, 1.82) is 0 Å². The zero-order valence-electron chi connectivity index (χ0n) is 9.78. The van der Waals surface area contributed by atoms with Gasteiger partial charge in [-0.3, -0.25) is 9.59 Å². The van der Waals surface area contributed by atoms with Gasteiger partial charge >= 0.3 is 11.7 Å². The average molecular weight is 241 g/mol. The van der Waals surface area contributed by atoms with Crippen LogP contribution in [0.15, 0.2) is 11.0 Å². The van der Waals surface area contributed by atoms with Crippen molar-refractivity contribution in [2.75, 3.05) is 20.7 Å². The molecule has 0 radical (unpaired) electrons. The van der Waals surface area contributed by atoms with E-state index in [9.17, 15) is 14.4 Å². The second-order valence-electron chi connectivity index (χ2n) is 3.56. The molecule has 1 aromatic rings. The number of aromatic amines is 2. The largest absolute Gasteiger partial charge is 0.469 e. The molecular weight excluding hydrogens is 226 g/mol. The first-order valence-electron chi connectivity index (χ1n) is 5.14. The van der Waals surface area contributed by atoms with Gasteiger partial charge in [-0.1, -0.05) is 0 Å². The first-order chi connectivity index (χ1) is 8.04. The van der Waals surface area contributed by atoms with Gasteiger partial charge < -0.3 is 19.6 Å². The first kappa shape index (κ1) is 13.0. The fraction of sp³-hybridized carbons (Fsp3) is 0.500. The van der Waals surface area contributed by atoms with E-state index >= 15 is 0 Å². The normalized spacial score (nSPS) is 10.0. The Kier molecular flexibility index (Phi) is 4.50. The highest BCUT2D eigenvalue weighted by molar-refractivity contribution is 5.91. The highest BCUT2D eigenvalue weighted by atomic mass is 16.5. The minimum absolute atomic E-state index is 0.204. The smallest absolute Gasteiger partial charge is 0.323 e. The number of amides is 1. The Balaban J connectivity index is 2.42. The van der Waals surface area contributed by atoms with Gasteiger partial charge in [-0.2, -0.15) is 0 Å². The highest BCUT2D eigenvalue weighted by Gasteiger charge is 2.13. The van der Waals surface area contributed by atoms with E-state index in [-0.39, 0.29) is 24.0 Å². The zero-order valence-corrected chi connectivity index (χ0v) is 9.78. The van der Waals surface area contributed by atoms with Crippen molar-refractivity contribution in [3.05, 3.63) is 22.4 Å². The highest BCUT2D eigenvalue weighted by Crippen LogP contribution is 2.00. The molecule has 0 aliphatic rings. The summed E-state index contributed by atoms with van der Waals surface area (Å²) in [5, 5.41) is 0. The van der Waals surface area contributed by atoms with Crippen molar-refractivity contribution in [2.24, 2.45) is 0 Å². The monoisotopic (exact) mass is 241 g/mol. The van der Waals surface area contributed by atoms with Crippen molar-refractivity contribution in [1.82, 2.24) is 14.9 Å². The quantitative estimate of drug-likeness (QED) is 0.693. The van der Waals surface area contributed by atoms with Gasteiger partial charge in [0.05, 0.1) is 7.11 Å². The Morgan fingerprint density at radius 1 is 1.47 bits per heavy atom. The number of esters is 1. The Morgan fingerprint density at radius 2 is 2.18 bits per heavy atom. The molecule has 17 heavy (non-hydrogen) atoms. The van der Waals surface area contributed by atoms with Gasteiger partial charge in [-0.25, -0.2) is 4.79 Å². The van der Waals surface area contributed by atoms with Crippen LogP contribution < -0.4 is 5.69 Å². The summed E-state index contributed by atoms with van der Waals surface area (Å²) in [4.78, 5) is 39.6. The van der Waals surface area contributed by atoms with Gasteiger partial charge in [-0.05, 0) is 6.42 Å². The minimum atomic E-state index is -0.420. The predicted molar refractivity (Wildman–Crippen MR) is 59.6 cm³/mol. The zero-order chi connectivity index (χ0) is 12.8. The van der Waals surface area contributed by atoms with Crippen molar-refractivity contribution < 1.29 is 14.3 Å². The van der Waals surface area contributed by atoms with Crippen LogP contribution in [0.5, 0.6) is 0 Å². The Bertz CT molecular complexity index is 448. The molecule has 7 heteroatoms. The van der Waals surface area contributed by atoms with Crippen LogP contribution in [-0.2, 0) is 9.53 Å². The van der Waals surface area contributed by atoms with Crippen molar-refractivity contribution in [3.8, 4) is 0 Å². The molecule has 1 aromatic heterocycles. The van der Waals surface area contributed by atoms with Gasteiger partial charge in [0, 0.05) is 26.2 Å². The van der Waals surface area contributed by atoms with Crippen LogP contribution in [0.2, 0.25) is 0 Å². The van der Waals surface area contributed by atoms with Gasteiger partial charge in [-0.15, -0.1) is 0 Å². The number of nitrogens with one attached hydrogen (secondary N) is 2. The number of imidazole rings is 1. The Hall–Kier alpha value is -2.05. The molecular formula is C10H15N3O4. The van der Waals surface area contributed by atoms with Crippen LogP contribution in [-0.4, -0.2) is 47.4 Å². The van der Waals surface area contributed by atoms with E-state index in [1.165, 1.54) is 18.2 Å². The van der Waals surface area contributed by atoms with Crippen LogP contribution in [0, 0.1) is 0 Å². The lowest BCUT2D eigenvalue weighted by Gasteiger charge is -2.15. The van der Waals surface area contributed by atoms with Gasteiger partial charge in [0.1, 0.15) is 5.69 Å². The standard InChI is InChI=1S/C10H15N3O4/c1-13(5-3-4-8(14)17-2)9(15)7-6-11-10(16)12-7/h6H,3-5H2,1-2H3,(H2,11,12,16). The molecule has 0 saturated carbocycles. The number of hydrogen-bond acceptors (Lipinski definition) is 4. The molecule has 0 saturated heterocycles. The third kappa shape index (κ3) is 3.78.